The van der Waals surface area contributed by atoms with Crippen LogP contribution in [0.15, 0.2) is 60.7 Å². The van der Waals surface area contributed by atoms with Crippen molar-refractivity contribution in [2.75, 3.05) is 26.0 Å². The molecular formula is C21H25N3O2. The quantitative estimate of drug-likeness (QED) is 0.754. The van der Waals surface area contributed by atoms with Crippen LogP contribution in [-0.4, -0.2) is 37.4 Å². The fourth-order valence-corrected chi connectivity index (χ4v) is 2.56. The van der Waals surface area contributed by atoms with Crippen molar-refractivity contribution in [2.45, 2.75) is 13.0 Å². The summed E-state index contributed by atoms with van der Waals surface area (Å²) in [4.78, 5) is 25.4. The number of hydrogen-bond acceptors (Lipinski definition) is 3. The van der Waals surface area contributed by atoms with Gasteiger partial charge < -0.3 is 15.5 Å². The Kier molecular flexibility index (Phi) is 7.12. The van der Waals surface area contributed by atoms with Gasteiger partial charge in [0.1, 0.15) is 0 Å². The third-order valence-corrected chi connectivity index (χ3v) is 3.72. The lowest BCUT2D eigenvalue weighted by atomic mass is 10.1. The summed E-state index contributed by atoms with van der Waals surface area (Å²) in [5.41, 5.74) is 2.69. The normalized spacial score (nSPS) is 12.2. The molecule has 0 saturated carbocycles. The van der Waals surface area contributed by atoms with Crippen molar-refractivity contribution in [1.82, 2.24) is 10.2 Å². The lowest BCUT2D eigenvalue weighted by Crippen LogP contribution is -2.34. The Morgan fingerprint density at radius 2 is 1.69 bits per heavy atom. The van der Waals surface area contributed by atoms with E-state index in [9.17, 15) is 9.59 Å². The summed E-state index contributed by atoms with van der Waals surface area (Å²) >= 11 is 0. The zero-order valence-corrected chi connectivity index (χ0v) is 15.4. The first-order chi connectivity index (χ1) is 12.4. The monoisotopic (exact) mass is 351 g/mol. The molecular weight excluding hydrogens is 326 g/mol. The van der Waals surface area contributed by atoms with Crippen LogP contribution in [0.3, 0.4) is 0 Å². The van der Waals surface area contributed by atoms with Gasteiger partial charge >= 0.3 is 0 Å². The van der Waals surface area contributed by atoms with E-state index >= 15 is 0 Å². The molecule has 0 aliphatic carbocycles. The molecule has 0 aliphatic heterocycles. The Morgan fingerprint density at radius 3 is 2.27 bits per heavy atom. The van der Waals surface area contributed by atoms with E-state index in [1.54, 1.807) is 18.2 Å². The number of anilines is 1. The van der Waals surface area contributed by atoms with E-state index in [1.807, 2.05) is 61.5 Å². The molecule has 0 bridgehead atoms. The van der Waals surface area contributed by atoms with E-state index in [0.717, 1.165) is 23.4 Å². The summed E-state index contributed by atoms with van der Waals surface area (Å²) in [7, 11) is 3.96. The first-order valence-corrected chi connectivity index (χ1v) is 8.50. The largest absolute Gasteiger partial charge is 0.344 e. The van der Waals surface area contributed by atoms with Crippen LogP contribution in [0.1, 0.15) is 24.1 Å². The molecule has 2 amide bonds. The Bertz CT molecular complexity index is 753. The van der Waals surface area contributed by atoms with E-state index in [4.69, 9.17) is 0 Å². The predicted octanol–water partition coefficient (Wildman–Crippen LogP) is 3.08. The highest BCUT2D eigenvalue weighted by atomic mass is 16.2. The van der Waals surface area contributed by atoms with E-state index in [1.165, 1.54) is 13.0 Å². The zero-order valence-electron chi connectivity index (χ0n) is 15.4. The van der Waals surface area contributed by atoms with Crippen molar-refractivity contribution in [2.24, 2.45) is 0 Å². The van der Waals surface area contributed by atoms with Crippen molar-refractivity contribution in [1.29, 1.82) is 0 Å². The van der Waals surface area contributed by atoms with Crippen molar-refractivity contribution in [3.8, 4) is 0 Å². The molecule has 0 saturated heterocycles. The van der Waals surface area contributed by atoms with Crippen LogP contribution in [-0.2, 0) is 9.59 Å². The number of benzene rings is 2. The smallest absolute Gasteiger partial charge is 0.244 e. The fourth-order valence-electron chi connectivity index (χ4n) is 2.56. The minimum absolute atomic E-state index is 0.0782. The first-order valence-electron chi connectivity index (χ1n) is 8.50. The third kappa shape index (κ3) is 6.53. The molecule has 0 aromatic heterocycles. The number of carbonyl (C=O) groups is 2. The average Bonchev–Trinajstić information content (AvgIpc) is 2.60. The molecule has 136 valence electrons. The number of nitrogens with zero attached hydrogens (tertiary/aromatic N) is 1. The van der Waals surface area contributed by atoms with E-state index in [2.05, 4.69) is 10.6 Å². The highest BCUT2D eigenvalue weighted by Crippen LogP contribution is 2.14. The Balaban J connectivity index is 2.00. The van der Waals surface area contributed by atoms with Crippen molar-refractivity contribution >= 4 is 23.6 Å². The first kappa shape index (κ1) is 19.4. The Hall–Kier alpha value is -2.92. The van der Waals surface area contributed by atoms with Crippen LogP contribution in [0.2, 0.25) is 0 Å². The summed E-state index contributed by atoms with van der Waals surface area (Å²) in [6.45, 7) is 2.18. The van der Waals surface area contributed by atoms with Gasteiger partial charge in [0.15, 0.2) is 0 Å². The van der Waals surface area contributed by atoms with E-state index in [0.29, 0.717) is 0 Å². The molecule has 2 rings (SSSR count). The van der Waals surface area contributed by atoms with E-state index in [-0.39, 0.29) is 17.9 Å². The van der Waals surface area contributed by atoms with Gasteiger partial charge in [0.05, 0.1) is 6.04 Å². The van der Waals surface area contributed by atoms with Gasteiger partial charge in [0.2, 0.25) is 11.8 Å². The van der Waals surface area contributed by atoms with Crippen LogP contribution >= 0.6 is 0 Å². The SMILES string of the molecule is CC(=O)Nc1ccc(C=CC(=O)NC(CN(C)C)c2ccccc2)cc1. The van der Waals surface area contributed by atoms with Gasteiger partial charge in [0, 0.05) is 25.2 Å². The molecule has 2 N–H and O–H groups in total. The number of nitrogens with one attached hydrogen (secondary N) is 2. The lowest BCUT2D eigenvalue weighted by Gasteiger charge is -2.22. The van der Waals surface area contributed by atoms with Gasteiger partial charge in [-0.15, -0.1) is 0 Å². The maximum atomic E-state index is 12.3. The molecule has 2 aromatic rings. The maximum absolute atomic E-state index is 12.3. The number of amides is 2. The summed E-state index contributed by atoms with van der Waals surface area (Å²) < 4.78 is 0. The molecule has 5 nitrogen and oxygen atoms in total. The standard InChI is InChI=1S/C21H25N3O2/c1-16(25)22-19-12-9-17(10-13-19)11-14-21(26)23-20(15-24(2)3)18-7-5-4-6-8-18/h4-14,20H,15H2,1-3H3,(H,22,25)(H,23,26). The molecule has 1 unspecified atom stereocenters. The van der Waals surface area contributed by atoms with Crippen LogP contribution < -0.4 is 10.6 Å². The average molecular weight is 351 g/mol. The highest BCUT2D eigenvalue weighted by Gasteiger charge is 2.13. The van der Waals surface area contributed by atoms with E-state index < -0.39 is 0 Å². The molecule has 0 aliphatic rings. The molecule has 0 heterocycles. The van der Waals surface area contributed by atoms with Crippen molar-refractivity contribution in [3.05, 3.63) is 71.8 Å². The lowest BCUT2D eigenvalue weighted by molar-refractivity contribution is -0.117. The Labute approximate surface area is 154 Å². The Morgan fingerprint density at radius 1 is 1.04 bits per heavy atom. The number of carbonyl (C=O) groups excluding carboxylic acids is 2. The van der Waals surface area contributed by atoms with Gasteiger partial charge in [-0.25, -0.2) is 0 Å². The second kappa shape index (κ2) is 9.53. The summed E-state index contributed by atoms with van der Waals surface area (Å²) in [6.07, 6.45) is 3.28. The van der Waals surface area contributed by atoms with Gasteiger partial charge in [0.25, 0.3) is 0 Å². The molecule has 0 radical (unpaired) electrons. The number of likely N-dealkylation sites (N-methyl/N-ethyl adjacent to an activating group) is 1. The zero-order chi connectivity index (χ0) is 18.9. The summed E-state index contributed by atoms with van der Waals surface area (Å²) in [6, 6.07) is 17.2. The number of rotatable bonds is 7. The molecule has 26 heavy (non-hydrogen) atoms. The van der Waals surface area contributed by atoms with Crippen LogP contribution in [0.25, 0.3) is 6.08 Å². The topological polar surface area (TPSA) is 61.4 Å². The minimum Gasteiger partial charge on any atom is -0.344 e. The molecule has 0 spiro atoms. The van der Waals surface area contributed by atoms with Gasteiger partial charge in [-0.2, -0.15) is 0 Å². The second-order valence-electron chi connectivity index (χ2n) is 6.37. The van der Waals surface area contributed by atoms with Crippen molar-refractivity contribution in [3.63, 3.8) is 0 Å². The third-order valence-electron chi connectivity index (χ3n) is 3.72. The summed E-state index contributed by atoms with van der Waals surface area (Å²) in [5, 5.41) is 5.76. The van der Waals surface area contributed by atoms with Crippen LogP contribution in [0, 0.1) is 0 Å². The molecule has 0 fully saturated rings. The highest BCUT2D eigenvalue weighted by molar-refractivity contribution is 5.92. The maximum Gasteiger partial charge on any atom is 0.244 e. The van der Waals surface area contributed by atoms with Crippen molar-refractivity contribution < 1.29 is 9.59 Å². The molecule has 1 atom stereocenters. The number of hydrogen-bond donors (Lipinski definition) is 2. The van der Waals surface area contributed by atoms with Gasteiger partial charge in [-0.3, -0.25) is 9.59 Å². The summed E-state index contributed by atoms with van der Waals surface area (Å²) in [5.74, 6) is -0.257. The van der Waals surface area contributed by atoms with Gasteiger partial charge in [-0.05, 0) is 43.4 Å². The molecule has 2 aromatic carbocycles. The minimum atomic E-state index is -0.147. The van der Waals surface area contributed by atoms with Crippen LogP contribution in [0.4, 0.5) is 5.69 Å². The second-order valence-corrected chi connectivity index (χ2v) is 6.37. The van der Waals surface area contributed by atoms with Gasteiger partial charge in [-0.1, -0.05) is 42.5 Å². The van der Waals surface area contributed by atoms with Crippen LogP contribution in [0.5, 0.6) is 0 Å². The molecule has 5 heteroatoms. The fraction of sp³-hybridized carbons (Fsp3) is 0.238. The predicted molar refractivity (Wildman–Crippen MR) is 106 cm³/mol.